The predicted molar refractivity (Wildman–Crippen MR) is 411 cm³/mol. The summed E-state index contributed by atoms with van der Waals surface area (Å²) in [5, 5.41) is 8.53. The maximum Gasteiger partial charge on any atom is 0.305 e. The molecule has 680 valence electrons. The van der Waals surface area contributed by atoms with Crippen molar-refractivity contribution < 1.29 is 180 Å². The summed E-state index contributed by atoms with van der Waals surface area (Å²) in [5.41, 5.74) is 0. The first-order valence-corrected chi connectivity index (χ1v) is 40.2. The van der Waals surface area contributed by atoms with Crippen LogP contribution in [0.5, 0.6) is 0 Å². The Hall–Kier alpha value is -2.41. The molecule has 0 saturated heterocycles. The molecule has 0 aromatic heterocycles. The van der Waals surface area contributed by atoms with E-state index in [1.165, 1.54) is 0 Å². The van der Waals surface area contributed by atoms with Crippen LogP contribution in [0.15, 0.2) is 0 Å². The Morgan fingerprint density at radius 2 is 0.211 bits per heavy atom. The average Bonchev–Trinajstić information content (AvgIpc) is 2.48. The van der Waals surface area contributed by atoms with Gasteiger partial charge in [-0.1, -0.05) is 5.92 Å². The van der Waals surface area contributed by atoms with Crippen molar-refractivity contribution >= 4 is 5.97 Å². The fourth-order valence-corrected chi connectivity index (χ4v) is 7.99. The van der Waals surface area contributed by atoms with E-state index < -0.39 is 5.97 Å². The third-order valence-corrected chi connectivity index (χ3v) is 13.7. The molecule has 0 aliphatic rings. The first kappa shape index (κ1) is 112. The number of rotatable bonds is 109. The maximum atomic E-state index is 10.4. The van der Waals surface area contributed by atoms with E-state index in [-0.39, 0.29) is 13.0 Å². The number of terminal acetylenes is 1. The predicted octanol–water partition coefficient (Wildman–Crippen LogP) is 0.692. The second-order valence-corrected chi connectivity index (χ2v) is 22.8. The quantitative estimate of drug-likeness (QED) is 0.0646. The van der Waals surface area contributed by atoms with Crippen LogP contribution < -0.4 is 0 Å². The lowest BCUT2D eigenvalue weighted by atomic mass is 10.5. The molecule has 0 aliphatic carbocycles. The molecule has 38 heteroatoms. The first-order chi connectivity index (χ1) is 56.8. The molecule has 0 spiro atoms. The van der Waals surface area contributed by atoms with Crippen molar-refractivity contribution in [2.75, 3.05) is 476 Å². The topological polar surface area (TPSA) is 370 Å². The summed E-state index contributed by atoms with van der Waals surface area (Å²) in [6.07, 6.45) is 5.09. The number of ether oxygens (including phenoxy) is 36. The number of aliphatic carboxylic acids is 1. The fraction of sp³-hybridized carbons (Fsp3) is 0.961. The van der Waals surface area contributed by atoms with E-state index in [4.69, 9.17) is 182 Å². The Balaban J connectivity index is 3.10. The monoisotopic (exact) mass is 1670 g/mol. The highest BCUT2D eigenvalue weighted by Gasteiger charge is 2.04. The molecule has 0 aromatic rings. The van der Waals surface area contributed by atoms with Crippen molar-refractivity contribution in [1.29, 1.82) is 0 Å². The molecule has 38 nitrogen and oxygen atoms in total. The van der Waals surface area contributed by atoms with Gasteiger partial charge in [0.2, 0.25) is 0 Å². The van der Waals surface area contributed by atoms with Gasteiger partial charge in [0.25, 0.3) is 0 Å². The van der Waals surface area contributed by atoms with Crippen molar-refractivity contribution in [2.45, 2.75) is 6.42 Å². The molecular formula is C76H148O38. The lowest BCUT2D eigenvalue weighted by molar-refractivity contribution is -0.138. The van der Waals surface area contributed by atoms with Crippen LogP contribution in [0.4, 0.5) is 0 Å². The molecule has 0 bridgehead atoms. The molecule has 114 heavy (non-hydrogen) atoms. The van der Waals surface area contributed by atoms with Crippen molar-refractivity contribution in [3.8, 4) is 12.3 Å². The Bertz CT molecular complexity index is 1740. The average molecular weight is 1670 g/mol. The van der Waals surface area contributed by atoms with Crippen LogP contribution in [-0.2, 0) is 175 Å². The number of hydrogen-bond donors (Lipinski definition) is 1. The van der Waals surface area contributed by atoms with Gasteiger partial charge in [-0.15, -0.1) is 6.42 Å². The Morgan fingerprint density at radius 3 is 0.281 bits per heavy atom. The molecule has 0 aromatic carbocycles. The Kier molecular flexibility index (Phi) is 106. The Morgan fingerprint density at radius 1 is 0.140 bits per heavy atom. The van der Waals surface area contributed by atoms with Crippen molar-refractivity contribution in [2.24, 2.45) is 0 Å². The summed E-state index contributed by atoms with van der Waals surface area (Å²) in [5.74, 6) is 1.52. The molecule has 0 rings (SSSR count). The van der Waals surface area contributed by atoms with Crippen molar-refractivity contribution in [3.05, 3.63) is 0 Å². The first-order valence-electron chi connectivity index (χ1n) is 40.2. The van der Waals surface area contributed by atoms with Crippen LogP contribution in [0.3, 0.4) is 0 Å². The second-order valence-electron chi connectivity index (χ2n) is 22.8. The lowest BCUT2D eigenvalue weighted by Gasteiger charge is -2.09. The van der Waals surface area contributed by atoms with Crippen LogP contribution in [0.25, 0.3) is 0 Å². The van der Waals surface area contributed by atoms with E-state index in [9.17, 15) is 4.79 Å². The minimum Gasteiger partial charge on any atom is -0.481 e. The summed E-state index contributed by atoms with van der Waals surface area (Å²) < 4.78 is 197. The van der Waals surface area contributed by atoms with Gasteiger partial charge in [0.1, 0.15) is 6.61 Å². The highest BCUT2D eigenvalue weighted by Crippen LogP contribution is 1.95. The molecule has 0 atom stereocenters. The summed E-state index contributed by atoms with van der Waals surface area (Å²) >= 11 is 0. The zero-order valence-electron chi connectivity index (χ0n) is 68.7. The smallest absolute Gasteiger partial charge is 0.305 e. The van der Waals surface area contributed by atoms with E-state index in [0.717, 1.165) is 0 Å². The minimum absolute atomic E-state index is 0.0125. The molecule has 1 N–H and O–H groups in total. The van der Waals surface area contributed by atoms with E-state index in [1.807, 2.05) is 0 Å². The summed E-state index contributed by atoms with van der Waals surface area (Å²) in [7, 11) is 0. The van der Waals surface area contributed by atoms with Gasteiger partial charge in [-0.05, 0) is 0 Å². The van der Waals surface area contributed by atoms with E-state index in [1.54, 1.807) is 0 Å². The van der Waals surface area contributed by atoms with Crippen LogP contribution >= 0.6 is 0 Å². The number of carboxylic acids is 1. The summed E-state index contributed by atoms with van der Waals surface area (Å²) in [4.78, 5) is 10.4. The van der Waals surface area contributed by atoms with E-state index in [2.05, 4.69) is 5.92 Å². The zero-order valence-corrected chi connectivity index (χ0v) is 68.7. The standard InChI is InChI=1S/C76H148O38/c1-2-4-79-6-8-81-10-12-83-14-16-85-18-20-87-22-24-89-26-28-91-30-32-93-34-36-95-38-40-97-42-44-99-46-48-101-50-52-103-54-56-105-58-60-107-62-64-109-66-68-111-70-72-113-74-75-114-73-71-112-69-67-110-65-63-108-61-59-106-57-55-104-53-51-102-49-47-100-45-43-98-41-39-96-37-35-94-33-31-92-29-27-90-25-23-88-21-19-86-17-15-84-13-11-82-9-7-80-5-3-76(77)78/h1H,3-75H2,(H,77,78). The van der Waals surface area contributed by atoms with Crippen molar-refractivity contribution in [1.82, 2.24) is 0 Å². The van der Waals surface area contributed by atoms with E-state index >= 15 is 0 Å². The van der Waals surface area contributed by atoms with E-state index in [0.29, 0.717) is 469 Å². The summed E-state index contributed by atoms with van der Waals surface area (Å²) in [6.45, 7) is 33.6. The zero-order chi connectivity index (χ0) is 81.4. The SMILES string of the molecule is C#CCOCCOCCOCCOCCOCCOCCOCCOCCOCCOCCOCCOCCOCCOCCOCCOCCOCCOCCOCCOCCOCCOCCOCCOCCOCCOCCOCCOCCOCCOCCOCCOCCOCCOCCOCCOCCC(=O)O. The number of carbonyl (C=O) groups is 1. The molecule has 0 saturated carbocycles. The maximum absolute atomic E-state index is 10.4. The van der Waals surface area contributed by atoms with Gasteiger partial charge in [0, 0.05) is 0 Å². The van der Waals surface area contributed by atoms with Crippen LogP contribution in [0, 0.1) is 12.3 Å². The van der Waals surface area contributed by atoms with Gasteiger partial charge >= 0.3 is 5.97 Å². The minimum atomic E-state index is -0.882. The normalized spacial score (nSPS) is 11.7. The molecule has 0 aliphatic heterocycles. The third-order valence-electron chi connectivity index (χ3n) is 13.7. The van der Waals surface area contributed by atoms with Crippen LogP contribution in [-0.4, -0.2) is 487 Å². The molecular weight excluding hydrogens is 1520 g/mol. The second kappa shape index (κ2) is 109. The lowest BCUT2D eigenvalue weighted by Crippen LogP contribution is -2.16. The third kappa shape index (κ3) is 110. The van der Waals surface area contributed by atoms with Gasteiger partial charge in [0.05, 0.1) is 476 Å². The fourth-order valence-electron chi connectivity index (χ4n) is 7.99. The van der Waals surface area contributed by atoms with Gasteiger partial charge in [-0.25, -0.2) is 0 Å². The molecule has 0 heterocycles. The van der Waals surface area contributed by atoms with Crippen LogP contribution in [0.1, 0.15) is 6.42 Å². The van der Waals surface area contributed by atoms with Gasteiger partial charge in [0.15, 0.2) is 0 Å². The summed E-state index contributed by atoms with van der Waals surface area (Å²) in [6, 6.07) is 0. The molecule has 0 radical (unpaired) electrons. The van der Waals surface area contributed by atoms with Gasteiger partial charge in [-0.3, -0.25) is 4.79 Å². The Labute approximate surface area is 678 Å². The van der Waals surface area contributed by atoms with Gasteiger partial charge in [-0.2, -0.15) is 0 Å². The largest absolute Gasteiger partial charge is 0.481 e. The molecule has 0 amide bonds. The van der Waals surface area contributed by atoms with Crippen LogP contribution in [0.2, 0.25) is 0 Å². The van der Waals surface area contributed by atoms with Crippen molar-refractivity contribution in [3.63, 3.8) is 0 Å². The van der Waals surface area contributed by atoms with Gasteiger partial charge < -0.3 is 176 Å². The highest BCUT2D eigenvalue weighted by molar-refractivity contribution is 5.66. The number of carboxylic acid groups (broad SMARTS) is 1. The molecule has 0 unspecified atom stereocenters. The highest BCUT2D eigenvalue weighted by atomic mass is 16.6. The number of hydrogen-bond acceptors (Lipinski definition) is 37. The molecule has 0 fully saturated rings.